The number of rotatable bonds is 3. The number of benzene rings is 1. The summed E-state index contributed by atoms with van der Waals surface area (Å²) in [5.74, 6) is 0.808. The second-order valence-electron chi connectivity index (χ2n) is 4.77. The minimum Gasteiger partial charge on any atom is -0.490 e. The van der Waals surface area contributed by atoms with Crippen LogP contribution in [0.25, 0.3) is 0 Å². The maximum atomic E-state index is 12.0. The number of carbonyl (C=O) groups is 1. The lowest BCUT2D eigenvalue weighted by atomic mass is 10.1. The van der Waals surface area contributed by atoms with Crippen LogP contribution in [0.5, 0.6) is 5.75 Å². The van der Waals surface area contributed by atoms with E-state index >= 15 is 0 Å². The van der Waals surface area contributed by atoms with Crippen LogP contribution in [0.1, 0.15) is 28.4 Å². The third-order valence-electron chi connectivity index (χ3n) is 3.19. The van der Waals surface area contributed by atoms with Gasteiger partial charge in [-0.2, -0.15) is 0 Å². The molecular weight excluding hydrogens is 242 g/mol. The van der Waals surface area contributed by atoms with Crippen molar-refractivity contribution in [2.24, 2.45) is 0 Å². The molecule has 1 aliphatic rings. The zero-order valence-electron chi connectivity index (χ0n) is 10.7. The highest BCUT2D eigenvalue weighted by Gasteiger charge is 2.20. The minimum absolute atomic E-state index is 0.0800. The summed E-state index contributed by atoms with van der Waals surface area (Å²) in [4.78, 5) is 12.0. The Bertz CT molecular complexity index is 589. The number of carbonyl (C=O) groups excluding carboxylic acids is 1. The highest BCUT2D eigenvalue weighted by atomic mass is 16.5. The molecule has 1 N–H and O–H groups in total. The molecule has 0 fully saturated rings. The Labute approximate surface area is 111 Å². The number of ether oxygens (including phenoxy) is 1. The molecule has 0 aliphatic carbocycles. The van der Waals surface area contributed by atoms with Gasteiger partial charge in [0.05, 0.1) is 12.5 Å². The lowest BCUT2D eigenvalue weighted by molar-refractivity contribution is 0.0951. The quantitative estimate of drug-likeness (QED) is 0.919. The number of amides is 1. The first-order chi connectivity index (χ1) is 9.22. The smallest absolute Gasteiger partial charge is 0.251 e. The van der Waals surface area contributed by atoms with Crippen LogP contribution in [0, 0.1) is 0 Å². The fourth-order valence-electron chi connectivity index (χ4n) is 2.24. The van der Waals surface area contributed by atoms with Crippen molar-refractivity contribution in [1.29, 1.82) is 0 Å². The summed E-state index contributed by atoms with van der Waals surface area (Å²) in [7, 11) is 0. The van der Waals surface area contributed by atoms with Gasteiger partial charge >= 0.3 is 0 Å². The standard InChI is InChI=1S/C15H15NO3/c1-10-6-13-7-12(2-3-14(13)19-10)15(17)16-8-11-4-5-18-9-11/h2-5,7,9-10H,6,8H2,1H3,(H,16,17). The summed E-state index contributed by atoms with van der Waals surface area (Å²) in [5, 5.41) is 2.86. The van der Waals surface area contributed by atoms with Crippen molar-refractivity contribution in [1.82, 2.24) is 5.32 Å². The van der Waals surface area contributed by atoms with Crippen LogP contribution in [0.3, 0.4) is 0 Å². The van der Waals surface area contributed by atoms with E-state index in [4.69, 9.17) is 9.15 Å². The molecule has 2 aromatic rings. The SMILES string of the molecule is CC1Cc2cc(C(=O)NCc3ccoc3)ccc2O1. The molecule has 1 amide bonds. The first kappa shape index (κ1) is 11.8. The summed E-state index contributed by atoms with van der Waals surface area (Å²) in [6.45, 7) is 2.50. The summed E-state index contributed by atoms with van der Waals surface area (Å²) in [6, 6.07) is 7.40. The van der Waals surface area contributed by atoms with Crippen LogP contribution in [-0.4, -0.2) is 12.0 Å². The topological polar surface area (TPSA) is 51.5 Å². The molecule has 1 atom stereocenters. The van der Waals surface area contributed by atoms with Gasteiger partial charge in [0.25, 0.3) is 5.91 Å². The average molecular weight is 257 g/mol. The predicted molar refractivity (Wildman–Crippen MR) is 70.1 cm³/mol. The Kier molecular flexibility index (Phi) is 2.99. The van der Waals surface area contributed by atoms with Gasteiger partial charge in [0, 0.05) is 24.1 Å². The molecule has 19 heavy (non-hydrogen) atoms. The molecule has 1 aromatic carbocycles. The average Bonchev–Trinajstić information content (AvgIpc) is 3.02. The maximum Gasteiger partial charge on any atom is 0.251 e. The Balaban J connectivity index is 1.69. The van der Waals surface area contributed by atoms with Gasteiger partial charge in [0.15, 0.2) is 0 Å². The molecule has 0 saturated heterocycles. The number of fused-ring (bicyclic) bond motifs is 1. The number of hydrogen-bond acceptors (Lipinski definition) is 3. The predicted octanol–water partition coefficient (Wildman–Crippen LogP) is 2.53. The molecule has 98 valence electrons. The number of nitrogens with one attached hydrogen (secondary N) is 1. The molecule has 4 heteroatoms. The van der Waals surface area contributed by atoms with Crippen LogP contribution in [0.4, 0.5) is 0 Å². The van der Waals surface area contributed by atoms with E-state index in [0.29, 0.717) is 12.1 Å². The third kappa shape index (κ3) is 2.47. The molecule has 1 aliphatic heterocycles. The van der Waals surface area contributed by atoms with Crippen molar-refractivity contribution in [3.63, 3.8) is 0 Å². The molecule has 0 saturated carbocycles. The van der Waals surface area contributed by atoms with E-state index in [1.165, 1.54) is 0 Å². The molecule has 0 radical (unpaired) electrons. The van der Waals surface area contributed by atoms with Crippen LogP contribution >= 0.6 is 0 Å². The Morgan fingerprint density at radius 1 is 1.42 bits per heavy atom. The van der Waals surface area contributed by atoms with E-state index in [1.807, 2.05) is 25.1 Å². The first-order valence-electron chi connectivity index (χ1n) is 6.31. The van der Waals surface area contributed by atoms with E-state index in [2.05, 4.69) is 5.32 Å². The van der Waals surface area contributed by atoms with Gasteiger partial charge in [-0.3, -0.25) is 4.79 Å². The van der Waals surface area contributed by atoms with E-state index in [9.17, 15) is 4.79 Å². The van der Waals surface area contributed by atoms with Crippen molar-refractivity contribution >= 4 is 5.91 Å². The van der Waals surface area contributed by atoms with Gasteiger partial charge in [-0.1, -0.05) is 0 Å². The van der Waals surface area contributed by atoms with Crippen molar-refractivity contribution < 1.29 is 13.9 Å². The number of furan rings is 1. The molecule has 0 bridgehead atoms. The van der Waals surface area contributed by atoms with Crippen molar-refractivity contribution in [3.05, 3.63) is 53.5 Å². The monoisotopic (exact) mass is 257 g/mol. The highest BCUT2D eigenvalue weighted by Crippen LogP contribution is 2.29. The maximum absolute atomic E-state index is 12.0. The van der Waals surface area contributed by atoms with Crippen molar-refractivity contribution in [2.45, 2.75) is 26.0 Å². The highest BCUT2D eigenvalue weighted by molar-refractivity contribution is 5.94. The second-order valence-corrected chi connectivity index (χ2v) is 4.77. The lowest BCUT2D eigenvalue weighted by Crippen LogP contribution is -2.22. The summed E-state index contributed by atoms with van der Waals surface area (Å²) in [6.07, 6.45) is 4.27. The zero-order valence-corrected chi connectivity index (χ0v) is 10.7. The summed E-state index contributed by atoms with van der Waals surface area (Å²) < 4.78 is 10.6. The van der Waals surface area contributed by atoms with Crippen LogP contribution in [0.2, 0.25) is 0 Å². The van der Waals surface area contributed by atoms with Crippen LogP contribution < -0.4 is 10.1 Å². The largest absolute Gasteiger partial charge is 0.490 e. The number of hydrogen-bond donors (Lipinski definition) is 1. The summed E-state index contributed by atoms with van der Waals surface area (Å²) in [5.41, 5.74) is 2.72. The molecule has 1 unspecified atom stereocenters. The van der Waals surface area contributed by atoms with E-state index < -0.39 is 0 Å². The fraction of sp³-hybridized carbons (Fsp3) is 0.267. The van der Waals surface area contributed by atoms with E-state index in [1.54, 1.807) is 18.6 Å². The Morgan fingerprint density at radius 2 is 2.32 bits per heavy atom. The molecule has 3 rings (SSSR count). The first-order valence-corrected chi connectivity index (χ1v) is 6.31. The van der Waals surface area contributed by atoms with Gasteiger partial charge in [-0.15, -0.1) is 0 Å². The van der Waals surface area contributed by atoms with Gasteiger partial charge in [-0.05, 0) is 36.8 Å². The van der Waals surface area contributed by atoms with Crippen molar-refractivity contribution in [3.8, 4) is 5.75 Å². The summed E-state index contributed by atoms with van der Waals surface area (Å²) >= 11 is 0. The molecule has 2 heterocycles. The molecule has 0 spiro atoms. The van der Waals surface area contributed by atoms with Gasteiger partial charge in [0.2, 0.25) is 0 Å². The van der Waals surface area contributed by atoms with Gasteiger partial charge < -0.3 is 14.5 Å². The zero-order chi connectivity index (χ0) is 13.2. The normalized spacial score (nSPS) is 16.8. The lowest BCUT2D eigenvalue weighted by Gasteiger charge is -2.05. The minimum atomic E-state index is -0.0800. The van der Waals surface area contributed by atoms with Crippen LogP contribution in [0.15, 0.2) is 41.2 Å². The molecule has 1 aromatic heterocycles. The van der Waals surface area contributed by atoms with Gasteiger partial charge in [-0.25, -0.2) is 0 Å². The van der Waals surface area contributed by atoms with Gasteiger partial charge in [0.1, 0.15) is 11.9 Å². The van der Waals surface area contributed by atoms with Crippen LogP contribution in [-0.2, 0) is 13.0 Å². The van der Waals surface area contributed by atoms with Crippen molar-refractivity contribution in [2.75, 3.05) is 0 Å². The molecule has 4 nitrogen and oxygen atoms in total. The Hall–Kier alpha value is -2.23. The van der Waals surface area contributed by atoms with E-state index in [0.717, 1.165) is 23.3 Å². The molecular formula is C15H15NO3. The van der Waals surface area contributed by atoms with E-state index in [-0.39, 0.29) is 12.0 Å². The second kappa shape index (κ2) is 4.80. The fourth-order valence-corrected chi connectivity index (χ4v) is 2.24. The third-order valence-corrected chi connectivity index (χ3v) is 3.19. The Morgan fingerprint density at radius 3 is 3.11 bits per heavy atom.